The van der Waals surface area contributed by atoms with Gasteiger partial charge in [-0.15, -0.1) is 24.8 Å². The molecule has 0 unspecified atom stereocenters. The highest BCUT2D eigenvalue weighted by Gasteiger charge is 2.23. The van der Waals surface area contributed by atoms with E-state index in [1.807, 2.05) is 12.1 Å². The number of halogens is 4. The number of benzene rings is 2. The molecule has 0 aromatic heterocycles. The van der Waals surface area contributed by atoms with Gasteiger partial charge in [0.1, 0.15) is 11.6 Å². The zero-order valence-electron chi connectivity index (χ0n) is 14.0. The van der Waals surface area contributed by atoms with Gasteiger partial charge in [-0.05, 0) is 29.8 Å². The largest absolute Gasteiger partial charge is 0.399 e. The van der Waals surface area contributed by atoms with Crippen molar-refractivity contribution in [1.29, 1.82) is 0 Å². The highest BCUT2D eigenvalue weighted by Crippen LogP contribution is 2.22. The Kier molecular flexibility index (Phi) is 8.11. The van der Waals surface area contributed by atoms with Crippen LogP contribution in [0.3, 0.4) is 0 Å². The molecule has 3 rings (SSSR count). The average molecular weight is 404 g/mol. The molecule has 1 fully saturated rings. The number of carbonyl (C=O) groups is 1. The van der Waals surface area contributed by atoms with Crippen molar-refractivity contribution in [1.82, 2.24) is 4.90 Å². The van der Waals surface area contributed by atoms with E-state index in [0.717, 1.165) is 17.7 Å². The predicted molar refractivity (Wildman–Crippen MR) is 104 cm³/mol. The van der Waals surface area contributed by atoms with Crippen LogP contribution in [0.25, 0.3) is 0 Å². The third-order valence-electron chi connectivity index (χ3n) is 4.22. The van der Waals surface area contributed by atoms with Crippen LogP contribution in [0, 0.1) is 11.6 Å². The van der Waals surface area contributed by atoms with E-state index >= 15 is 0 Å². The summed E-state index contributed by atoms with van der Waals surface area (Å²) in [5.74, 6) is -0.884. The molecule has 0 atom stereocenters. The van der Waals surface area contributed by atoms with Crippen molar-refractivity contribution in [2.24, 2.45) is 0 Å². The molecule has 0 aliphatic carbocycles. The van der Waals surface area contributed by atoms with Crippen molar-refractivity contribution in [3.63, 3.8) is 0 Å². The van der Waals surface area contributed by atoms with Gasteiger partial charge in [0.15, 0.2) is 0 Å². The molecule has 1 aliphatic heterocycles. The molecule has 0 radical (unpaired) electrons. The number of carbonyl (C=O) groups excluding carboxylic acids is 1. The Labute approximate surface area is 163 Å². The molecule has 0 saturated carbocycles. The standard InChI is InChI=1S/C18H19F2N3O.2ClH/c19-14-3-6-16(20)17(12-14)22-7-9-23(10-8-22)18(24)11-13-1-4-15(21)5-2-13;;/h1-6,12H,7-11,21H2;2*1H. The van der Waals surface area contributed by atoms with E-state index in [1.165, 1.54) is 6.07 Å². The Morgan fingerprint density at radius 1 is 0.962 bits per heavy atom. The van der Waals surface area contributed by atoms with E-state index in [4.69, 9.17) is 5.73 Å². The van der Waals surface area contributed by atoms with Crippen molar-refractivity contribution in [3.8, 4) is 0 Å². The maximum atomic E-state index is 13.8. The maximum absolute atomic E-state index is 13.8. The number of rotatable bonds is 3. The summed E-state index contributed by atoms with van der Waals surface area (Å²) in [7, 11) is 0. The highest BCUT2D eigenvalue weighted by molar-refractivity contribution is 5.85. The minimum Gasteiger partial charge on any atom is -0.399 e. The molecule has 26 heavy (non-hydrogen) atoms. The van der Waals surface area contributed by atoms with Gasteiger partial charge in [-0.2, -0.15) is 0 Å². The summed E-state index contributed by atoms with van der Waals surface area (Å²) >= 11 is 0. The minimum absolute atomic E-state index is 0. The van der Waals surface area contributed by atoms with Crippen LogP contribution in [0.2, 0.25) is 0 Å². The number of anilines is 2. The third kappa shape index (κ3) is 5.22. The summed E-state index contributed by atoms with van der Waals surface area (Å²) in [5, 5.41) is 0. The topological polar surface area (TPSA) is 49.6 Å². The SMILES string of the molecule is Cl.Cl.Nc1ccc(CC(=O)N2CCN(c3cc(F)ccc3F)CC2)cc1. The van der Waals surface area contributed by atoms with Crippen molar-refractivity contribution in [2.75, 3.05) is 36.8 Å². The smallest absolute Gasteiger partial charge is 0.227 e. The number of nitrogens with two attached hydrogens (primary N) is 1. The molecule has 1 heterocycles. The molecule has 2 N–H and O–H groups in total. The van der Waals surface area contributed by atoms with Gasteiger partial charge >= 0.3 is 0 Å². The number of amides is 1. The van der Waals surface area contributed by atoms with Crippen LogP contribution in [0.1, 0.15) is 5.56 Å². The fraction of sp³-hybridized carbons (Fsp3) is 0.278. The molecular weight excluding hydrogens is 383 g/mol. The van der Waals surface area contributed by atoms with Crippen LogP contribution in [-0.4, -0.2) is 37.0 Å². The maximum Gasteiger partial charge on any atom is 0.227 e. The zero-order valence-corrected chi connectivity index (χ0v) is 15.7. The van der Waals surface area contributed by atoms with Gasteiger partial charge < -0.3 is 15.5 Å². The Balaban J connectivity index is 0.00000169. The van der Waals surface area contributed by atoms with E-state index in [1.54, 1.807) is 21.9 Å². The lowest BCUT2D eigenvalue weighted by Gasteiger charge is -2.36. The molecule has 2 aromatic rings. The van der Waals surface area contributed by atoms with Gasteiger partial charge in [-0.25, -0.2) is 8.78 Å². The summed E-state index contributed by atoms with van der Waals surface area (Å²) in [6.45, 7) is 1.94. The second-order valence-corrected chi connectivity index (χ2v) is 5.88. The van der Waals surface area contributed by atoms with Crippen LogP contribution in [-0.2, 0) is 11.2 Å². The van der Waals surface area contributed by atoms with Gasteiger partial charge in [0, 0.05) is 37.9 Å². The monoisotopic (exact) mass is 403 g/mol. The quantitative estimate of drug-likeness (QED) is 0.799. The van der Waals surface area contributed by atoms with Gasteiger partial charge in [0.2, 0.25) is 5.91 Å². The molecule has 8 heteroatoms. The van der Waals surface area contributed by atoms with Crippen LogP contribution < -0.4 is 10.6 Å². The Morgan fingerprint density at radius 3 is 2.19 bits per heavy atom. The van der Waals surface area contributed by atoms with E-state index < -0.39 is 11.6 Å². The summed E-state index contributed by atoms with van der Waals surface area (Å²) < 4.78 is 27.1. The van der Waals surface area contributed by atoms with E-state index in [2.05, 4.69) is 0 Å². The fourth-order valence-corrected chi connectivity index (χ4v) is 2.85. The normalized spacial score (nSPS) is 13.6. The molecule has 0 bridgehead atoms. The molecule has 0 spiro atoms. The molecule has 4 nitrogen and oxygen atoms in total. The van der Waals surface area contributed by atoms with E-state index in [9.17, 15) is 13.6 Å². The number of nitrogens with zero attached hydrogens (tertiary/aromatic N) is 2. The fourth-order valence-electron chi connectivity index (χ4n) is 2.85. The summed E-state index contributed by atoms with van der Waals surface area (Å²) in [5.41, 5.74) is 7.46. The van der Waals surface area contributed by atoms with Crippen molar-refractivity contribution in [2.45, 2.75) is 6.42 Å². The first-order chi connectivity index (χ1) is 11.5. The Bertz CT molecular complexity index is 736. The molecule has 142 valence electrons. The summed E-state index contributed by atoms with van der Waals surface area (Å²) in [6.07, 6.45) is 0.314. The number of hydrogen-bond donors (Lipinski definition) is 1. The lowest BCUT2D eigenvalue weighted by atomic mass is 10.1. The van der Waals surface area contributed by atoms with Crippen molar-refractivity contribution in [3.05, 3.63) is 59.7 Å². The molecule has 1 saturated heterocycles. The molecular formula is C18H21Cl2F2N3O. The summed E-state index contributed by atoms with van der Waals surface area (Å²) in [6, 6.07) is 10.6. The number of hydrogen-bond acceptors (Lipinski definition) is 3. The first kappa shape index (κ1) is 22.0. The first-order valence-electron chi connectivity index (χ1n) is 7.85. The second kappa shape index (κ2) is 9.59. The predicted octanol–water partition coefficient (Wildman–Crippen LogP) is 3.28. The number of piperazine rings is 1. The lowest BCUT2D eigenvalue weighted by molar-refractivity contribution is -0.130. The van der Waals surface area contributed by atoms with Gasteiger partial charge in [0.05, 0.1) is 12.1 Å². The van der Waals surface area contributed by atoms with Gasteiger partial charge in [0.25, 0.3) is 0 Å². The van der Waals surface area contributed by atoms with Gasteiger partial charge in [-0.1, -0.05) is 12.1 Å². The second-order valence-electron chi connectivity index (χ2n) is 5.88. The van der Waals surface area contributed by atoms with Crippen molar-refractivity contribution < 1.29 is 13.6 Å². The van der Waals surface area contributed by atoms with Crippen LogP contribution in [0.15, 0.2) is 42.5 Å². The Morgan fingerprint density at radius 2 is 1.58 bits per heavy atom. The molecule has 2 aromatic carbocycles. The lowest BCUT2D eigenvalue weighted by Crippen LogP contribution is -2.49. The summed E-state index contributed by atoms with van der Waals surface area (Å²) in [4.78, 5) is 15.9. The Hall–Kier alpha value is -2.05. The van der Waals surface area contributed by atoms with Crippen LogP contribution in [0.5, 0.6) is 0 Å². The highest BCUT2D eigenvalue weighted by atomic mass is 35.5. The minimum atomic E-state index is -0.465. The first-order valence-corrected chi connectivity index (χ1v) is 7.85. The van der Waals surface area contributed by atoms with Crippen LogP contribution >= 0.6 is 24.8 Å². The average Bonchev–Trinajstić information content (AvgIpc) is 2.59. The van der Waals surface area contributed by atoms with Crippen molar-refractivity contribution >= 4 is 42.1 Å². The van der Waals surface area contributed by atoms with Gasteiger partial charge in [-0.3, -0.25) is 4.79 Å². The van der Waals surface area contributed by atoms with Crippen LogP contribution in [0.4, 0.5) is 20.2 Å². The van der Waals surface area contributed by atoms with E-state index in [0.29, 0.717) is 38.3 Å². The molecule has 1 aliphatic rings. The van der Waals surface area contributed by atoms with E-state index in [-0.39, 0.29) is 36.4 Å². The zero-order chi connectivity index (χ0) is 17.1. The molecule has 1 amide bonds. The third-order valence-corrected chi connectivity index (χ3v) is 4.22. The number of nitrogen functional groups attached to an aromatic ring is 1.